The van der Waals surface area contributed by atoms with E-state index in [4.69, 9.17) is 0 Å². The van der Waals surface area contributed by atoms with Crippen molar-refractivity contribution >= 4 is 21.6 Å². The standard InChI is InChI=1S/C16H22N4O3S/c1-11-6-5-7-15(10-11)20(14(4)21)9-8-17-24(22,23)16-12(2)18-19-13(16)3/h5-7,10,17H,8-9H2,1-4H3,(H,18,19). The number of anilines is 1. The molecule has 2 rings (SSSR count). The number of rotatable bonds is 6. The third-order valence-corrected chi connectivity index (χ3v) is 5.37. The van der Waals surface area contributed by atoms with Gasteiger partial charge >= 0.3 is 0 Å². The van der Waals surface area contributed by atoms with E-state index in [2.05, 4.69) is 14.9 Å². The molecule has 2 aromatic rings. The van der Waals surface area contributed by atoms with E-state index in [0.29, 0.717) is 11.4 Å². The molecule has 0 unspecified atom stereocenters. The van der Waals surface area contributed by atoms with Crippen molar-refractivity contribution in [2.24, 2.45) is 0 Å². The van der Waals surface area contributed by atoms with Crippen LogP contribution in [-0.2, 0) is 14.8 Å². The largest absolute Gasteiger partial charge is 0.311 e. The summed E-state index contributed by atoms with van der Waals surface area (Å²) < 4.78 is 27.3. The van der Waals surface area contributed by atoms with Gasteiger partial charge < -0.3 is 4.90 Å². The van der Waals surface area contributed by atoms with Crippen molar-refractivity contribution in [1.29, 1.82) is 0 Å². The molecular formula is C16H22N4O3S. The molecule has 1 aromatic carbocycles. The number of aryl methyl sites for hydroxylation is 3. The number of amides is 1. The van der Waals surface area contributed by atoms with Crippen molar-refractivity contribution in [2.45, 2.75) is 32.6 Å². The van der Waals surface area contributed by atoms with Crippen molar-refractivity contribution in [1.82, 2.24) is 14.9 Å². The predicted molar refractivity (Wildman–Crippen MR) is 92.5 cm³/mol. The molecule has 0 aliphatic carbocycles. The fraction of sp³-hybridized carbons (Fsp3) is 0.375. The van der Waals surface area contributed by atoms with Gasteiger partial charge in [0.15, 0.2) is 0 Å². The van der Waals surface area contributed by atoms with E-state index in [1.807, 2.05) is 31.2 Å². The summed E-state index contributed by atoms with van der Waals surface area (Å²) in [5, 5.41) is 6.56. The first-order valence-electron chi connectivity index (χ1n) is 7.58. The van der Waals surface area contributed by atoms with E-state index in [1.165, 1.54) is 6.92 Å². The molecule has 0 aliphatic rings. The van der Waals surface area contributed by atoms with Gasteiger partial charge in [0, 0.05) is 25.7 Å². The molecule has 0 radical (unpaired) electrons. The summed E-state index contributed by atoms with van der Waals surface area (Å²) in [6.45, 7) is 7.04. The SMILES string of the molecule is CC(=O)N(CCNS(=O)(=O)c1c(C)n[nH]c1C)c1cccc(C)c1. The number of aromatic amines is 1. The van der Waals surface area contributed by atoms with Crippen molar-refractivity contribution < 1.29 is 13.2 Å². The van der Waals surface area contributed by atoms with Gasteiger partial charge in [-0.3, -0.25) is 9.89 Å². The quantitative estimate of drug-likeness (QED) is 0.828. The number of aromatic nitrogens is 2. The minimum atomic E-state index is -3.67. The maximum atomic E-state index is 12.4. The van der Waals surface area contributed by atoms with Crippen LogP contribution < -0.4 is 9.62 Å². The Morgan fingerprint density at radius 3 is 2.54 bits per heavy atom. The Bertz CT molecular complexity index is 823. The monoisotopic (exact) mass is 350 g/mol. The Hall–Kier alpha value is -2.19. The summed E-state index contributed by atoms with van der Waals surface area (Å²) in [4.78, 5) is 13.6. The van der Waals surface area contributed by atoms with E-state index >= 15 is 0 Å². The zero-order valence-electron chi connectivity index (χ0n) is 14.3. The average molecular weight is 350 g/mol. The van der Waals surface area contributed by atoms with Gasteiger partial charge in [-0.05, 0) is 38.5 Å². The molecule has 0 spiro atoms. The highest BCUT2D eigenvalue weighted by Crippen LogP contribution is 2.17. The summed E-state index contributed by atoms with van der Waals surface area (Å²) in [6, 6.07) is 7.52. The normalized spacial score (nSPS) is 11.5. The highest BCUT2D eigenvalue weighted by atomic mass is 32.2. The third kappa shape index (κ3) is 4.01. The fourth-order valence-corrected chi connectivity index (χ4v) is 3.95. The molecule has 0 atom stereocenters. The fourth-order valence-electron chi connectivity index (χ4n) is 2.56. The Morgan fingerprint density at radius 1 is 1.29 bits per heavy atom. The minimum Gasteiger partial charge on any atom is -0.311 e. The molecule has 0 bridgehead atoms. The van der Waals surface area contributed by atoms with Crippen LogP contribution in [0.4, 0.5) is 5.69 Å². The summed E-state index contributed by atoms with van der Waals surface area (Å²) in [5.74, 6) is -0.143. The maximum Gasteiger partial charge on any atom is 0.244 e. The van der Waals surface area contributed by atoms with Crippen molar-refractivity contribution in [3.8, 4) is 0 Å². The maximum absolute atomic E-state index is 12.4. The molecular weight excluding hydrogens is 328 g/mol. The number of H-pyrrole nitrogens is 1. The summed E-state index contributed by atoms with van der Waals surface area (Å²) in [7, 11) is -3.67. The van der Waals surface area contributed by atoms with E-state index in [-0.39, 0.29) is 23.9 Å². The topological polar surface area (TPSA) is 95.2 Å². The zero-order valence-corrected chi connectivity index (χ0v) is 15.1. The van der Waals surface area contributed by atoms with Crippen LogP contribution in [-0.4, -0.2) is 37.6 Å². The number of nitrogens with one attached hydrogen (secondary N) is 2. The first-order chi connectivity index (χ1) is 11.2. The average Bonchev–Trinajstić information content (AvgIpc) is 2.83. The van der Waals surface area contributed by atoms with Gasteiger partial charge in [-0.2, -0.15) is 5.10 Å². The molecule has 0 saturated heterocycles. The van der Waals surface area contributed by atoms with Crippen LogP contribution in [0.15, 0.2) is 29.2 Å². The number of sulfonamides is 1. The van der Waals surface area contributed by atoms with Gasteiger partial charge in [-0.25, -0.2) is 13.1 Å². The molecule has 1 heterocycles. The lowest BCUT2D eigenvalue weighted by Crippen LogP contribution is -2.37. The second-order valence-corrected chi connectivity index (χ2v) is 7.37. The Kier molecular flexibility index (Phi) is 5.40. The molecule has 1 aromatic heterocycles. The van der Waals surface area contributed by atoms with Crippen molar-refractivity contribution in [3.63, 3.8) is 0 Å². The van der Waals surface area contributed by atoms with Gasteiger partial charge in [0.1, 0.15) is 4.90 Å². The minimum absolute atomic E-state index is 0.111. The van der Waals surface area contributed by atoms with Crippen LogP contribution in [0.5, 0.6) is 0 Å². The molecule has 1 amide bonds. The first-order valence-corrected chi connectivity index (χ1v) is 9.06. The van der Waals surface area contributed by atoms with Crippen LogP contribution in [0.2, 0.25) is 0 Å². The number of hydrogen-bond acceptors (Lipinski definition) is 4. The highest BCUT2D eigenvalue weighted by molar-refractivity contribution is 7.89. The van der Waals surface area contributed by atoms with Gasteiger partial charge in [0.2, 0.25) is 15.9 Å². The zero-order chi connectivity index (χ0) is 17.9. The van der Waals surface area contributed by atoms with Gasteiger partial charge in [0.05, 0.1) is 11.4 Å². The lowest BCUT2D eigenvalue weighted by atomic mass is 10.2. The number of hydrogen-bond donors (Lipinski definition) is 2. The van der Waals surface area contributed by atoms with Crippen LogP contribution in [0, 0.1) is 20.8 Å². The Morgan fingerprint density at radius 2 is 2.00 bits per heavy atom. The van der Waals surface area contributed by atoms with E-state index in [1.54, 1.807) is 18.7 Å². The second kappa shape index (κ2) is 7.14. The van der Waals surface area contributed by atoms with Crippen LogP contribution in [0.3, 0.4) is 0 Å². The van der Waals surface area contributed by atoms with Crippen LogP contribution in [0.25, 0.3) is 0 Å². The molecule has 7 nitrogen and oxygen atoms in total. The summed E-state index contributed by atoms with van der Waals surface area (Å²) in [5.41, 5.74) is 2.69. The molecule has 2 N–H and O–H groups in total. The highest BCUT2D eigenvalue weighted by Gasteiger charge is 2.22. The number of carbonyl (C=O) groups excluding carboxylic acids is 1. The number of nitrogens with zero attached hydrogens (tertiary/aromatic N) is 2. The molecule has 0 fully saturated rings. The summed E-state index contributed by atoms with van der Waals surface area (Å²) in [6.07, 6.45) is 0. The van der Waals surface area contributed by atoms with Crippen LogP contribution >= 0.6 is 0 Å². The van der Waals surface area contributed by atoms with Gasteiger partial charge in [0.25, 0.3) is 0 Å². The Balaban J connectivity index is 2.10. The van der Waals surface area contributed by atoms with Gasteiger partial charge in [-0.1, -0.05) is 12.1 Å². The van der Waals surface area contributed by atoms with E-state index in [9.17, 15) is 13.2 Å². The van der Waals surface area contributed by atoms with Crippen molar-refractivity contribution in [3.05, 3.63) is 41.2 Å². The number of carbonyl (C=O) groups is 1. The predicted octanol–water partition coefficient (Wildman–Crippen LogP) is 1.67. The van der Waals surface area contributed by atoms with E-state index in [0.717, 1.165) is 11.3 Å². The van der Waals surface area contributed by atoms with Gasteiger partial charge in [-0.15, -0.1) is 0 Å². The lowest BCUT2D eigenvalue weighted by Gasteiger charge is -2.21. The third-order valence-electron chi connectivity index (χ3n) is 3.65. The molecule has 0 aliphatic heterocycles. The molecule has 130 valence electrons. The molecule has 0 saturated carbocycles. The first kappa shape index (κ1) is 18.2. The number of benzene rings is 1. The second-order valence-electron chi connectivity index (χ2n) is 5.67. The smallest absolute Gasteiger partial charge is 0.244 e. The summed E-state index contributed by atoms with van der Waals surface area (Å²) >= 11 is 0. The molecule has 24 heavy (non-hydrogen) atoms. The van der Waals surface area contributed by atoms with Crippen molar-refractivity contribution in [2.75, 3.05) is 18.0 Å². The van der Waals surface area contributed by atoms with Crippen LogP contribution in [0.1, 0.15) is 23.9 Å². The molecule has 8 heteroatoms. The lowest BCUT2D eigenvalue weighted by molar-refractivity contribution is -0.116. The van der Waals surface area contributed by atoms with E-state index < -0.39 is 10.0 Å². The Labute approximate surface area is 142 Å².